The molecule has 30 heavy (non-hydrogen) atoms. The van der Waals surface area contributed by atoms with Gasteiger partial charge in [-0.25, -0.2) is 0 Å². The van der Waals surface area contributed by atoms with Crippen LogP contribution in [0.15, 0.2) is 22.3 Å². The molecule has 4 saturated carbocycles. The average Bonchev–Trinajstić information content (AvgIpc) is 3.51. The van der Waals surface area contributed by atoms with E-state index in [1.807, 2.05) is 0 Å². The summed E-state index contributed by atoms with van der Waals surface area (Å²) in [4.78, 5) is 27.4. The highest BCUT2D eigenvalue weighted by molar-refractivity contribution is 9.09. The van der Waals surface area contributed by atoms with Crippen LogP contribution in [0.4, 0.5) is 0 Å². The molecule has 156 valence electrons. The van der Waals surface area contributed by atoms with Crippen molar-refractivity contribution in [3.63, 3.8) is 0 Å². The molecule has 0 radical (unpaired) electrons. The summed E-state index contributed by atoms with van der Waals surface area (Å²) in [5, 5.41) is 0. The van der Waals surface area contributed by atoms with Crippen LogP contribution in [0.1, 0.15) is 0 Å². The standard InChI is InChI=1S/C24H22Br2O4/c1-29-23(27)19-11-3-4-12(19)8-10-14-6-5-13(20(14)24(28)30-2)9(15(3)21(25)16(4)10)7(11)17(5)22(26)18(6)8/h3-6,11-22H,1-2H3. The normalized spacial score (nSPS) is 64.7. The maximum Gasteiger partial charge on any atom is 0.309 e. The first-order chi connectivity index (χ1) is 14.5. The number of esters is 2. The van der Waals surface area contributed by atoms with Crippen molar-refractivity contribution in [2.45, 2.75) is 9.65 Å². The van der Waals surface area contributed by atoms with Gasteiger partial charge in [-0.1, -0.05) is 54.2 Å². The third-order valence-electron chi connectivity index (χ3n) is 11.6. The molecule has 4 fully saturated rings. The number of ether oxygens (including phenoxy) is 2. The quantitative estimate of drug-likeness (QED) is 0.311. The monoisotopic (exact) mass is 532 g/mol. The first-order valence-corrected chi connectivity index (χ1v) is 13.3. The Labute approximate surface area is 191 Å². The highest BCUT2D eigenvalue weighted by atomic mass is 79.9. The molecule has 12 unspecified atom stereocenters. The maximum absolute atomic E-state index is 13.2. The third-order valence-corrected chi connectivity index (χ3v) is 13.9. The zero-order valence-corrected chi connectivity index (χ0v) is 19.8. The van der Waals surface area contributed by atoms with Crippen LogP contribution >= 0.6 is 31.9 Å². The number of hydrogen-bond acceptors (Lipinski definition) is 4. The number of alkyl halides is 2. The fourth-order valence-corrected chi connectivity index (χ4v) is 14.5. The van der Waals surface area contributed by atoms with Gasteiger partial charge in [0.05, 0.1) is 26.1 Å². The molecule has 0 aromatic heterocycles. The van der Waals surface area contributed by atoms with Crippen LogP contribution in [-0.4, -0.2) is 35.8 Å². The number of carbonyl (C=O) groups is 2. The van der Waals surface area contributed by atoms with Gasteiger partial charge in [0.15, 0.2) is 0 Å². The van der Waals surface area contributed by atoms with Gasteiger partial charge in [-0.15, -0.1) is 0 Å². The lowest BCUT2D eigenvalue weighted by Gasteiger charge is -2.34. The molecule has 6 heteroatoms. The van der Waals surface area contributed by atoms with Gasteiger partial charge in [-0.3, -0.25) is 9.59 Å². The number of halogens is 2. The summed E-state index contributed by atoms with van der Waals surface area (Å²) >= 11 is 8.43. The first kappa shape index (κ1) is 16.9. The zero-order chi connectivity index (χ0) is 20.1. The van der Waals surface area contributed by atoms with Crippen LogP contribution in [0.3, 0.4) is 0 Å². The third kappa shape index (κ3) is 1.25. The van der Waals surface area contributed by atoms with E-state index in [9.17, 15) is 9.59 Å². The van der Waals surface area contributed by atoms with E-state index >= 15 is 0 Å². The predicted molar refractivity (Wildman–Crippen MR) is 112 cm³/mol. The fourth-order valence-electron chi connectivity index (χ4n) is 11.9. The van der Waals surface area contributed by atoms with Crippen molar-refractivity contribution in [2.75, 3.05) is 14.2 Å². The summed E-state index contributed by atoms with van der Waals surface area (Å²) in [6, 6.07) is 0. The second kappa shape index (κ2) is 4.69. The molecule has 0 amide bonds. The van der Waals surface area contributed by atoms with Crippen molar-refractivity contribution < 1.29 is 19.1 Å². The molecule has 4 nitrogen and oxygen atoms in total. The number of fused-ring (bicyclic) bond motifs is 8. The van der Waals surface area contributed by atoms with Crippen LogP contribution in [0.5, 0.6) is 0 Å². The smallest absolute Gasteiger partial charge is 0.309 e. The Balaban J connectivity index is 1.44. The Kier molecular flexibility index (Phi) is 2.65. The van der Waals surface area contributed by atoms with Gasteiger partial charge >= 0.3 is 11.9 Å². The maximum atomic E-state index is 13.2. The number of hydrogen-bond donors (Lipinski definition) is 0. The molecule has 8 aliphatic carbocycles. The van der Waals surface area contributed by atoms with E-state index in [-0.39, 0.29) is 23.8 Å². The zero-order valence-electron chi connectivity index (χ0n) is 16.6. The van der Waals surface area contributed by atoms with E-state index in [1.165, 1.54) is 0 Å². The lowest BCUT2D eigenvalue weighted by Crippen LogP contribution is -2.37. The van der Waals surface area contributed by atoms with Gasteiger partial charge in [-0.05, 0) is 71.0 Å². The van der Waals surface area contributed by atoms with Gasteiger partial charge in [0.25, 0.3) is 0 Å². The molecule has 0 aromatic rings. The number of carbonyl (C=O) groups excluding carboxylic acids is 2. The molecular formula is C24H22Br2O4. The molecule has 0 aliphatic heterocycles. The van der Waals surface area contributed by atoms with Gasteiger partial charge in [0.1, 0.15) is 0 Å². The molecule has 0 bridgehead atoms. The van der Waals surface area contributed by atoms with Crippen LogP contribution in [0.2, 0.25) is 0 Å². The minimum absolute atomic E-state index is 0.00609. The number of allylic oxidation sites excluding steroid dienone is 4. The fraction of sp³-hybridized carbons (Fsp3) is 0.750. The second-order valence-electron chi connectivity index (χ2n) is 11.3. The second-order valence-corrected chi connectivity index (χ2v) is 13.4. The van der Waals surface area contributed by atoms with Crippen molar-refractivity contribution in [3.05, 3.63) is 22.3 Å². The highest BCUT2D eigenvalue weighted by Crippen LogP contribution is 2.88. The van der Waals surface area contributed by atoms with E-state index in [1.54, 1.807) is 36.5 Å². The van der Waals surface area contributed by atoms with E-state index in [4.69, 9.17) is 9.47 Å². The van der Waals surface area contributed by atoms with Crippen molar-refractivity contribution in [3.8, 4) is 0 Å². The SMILES string of the molecule is COC(=O)C1C2C3=C4C5C(Br)C6C7=C(C8C(Br)C3C3C4C(C(=O)OC)C7C83)C1C6C52. The van der Waals surface area contributed by atoms with Crippen LogP contribution < -0.4 is 0 Å². The molecule has 8 aliphatic rings. The first-order valence-electron chi connectivity index (χ1n) is 11.5. The summed E-state index contributed by atoms with van der Waals surface area (Å²) in [7, 11) is 3.14. The van der Waals surface area contributed by atoms with Crippen molar-refractivity contribution in [1.82, 2.24) is 0 Å². The van der Waals surface area contributed by atoms with E-state index in [0.29, 0.717) is 80.7 Å². The molecule has 12 atom stereocenters. The van der Waals surface area contributed by atoms with Gasteiger partial charge in [0.2, 0.25) is 0 Å². The Hall–Kier alpha value is -0.620. The van der Waals surface area contributed by atoms with Crippen LogP contribution in [0, 0.1) is 82.9 Å². The summed E-state index contributed by atoms with van der Waals surface area (Å²) < 4.78 is 10.9. The molecular weight excluding hydrogens is 512 g/mol. The van der Waals surface area contributed by atoms with E-state index in [0.717, 1.165) is 0 Å². The van der Waals surface area contributed by atoms with Gasteiger partial charge in [0, 0.05) is 9.65 Å². The molecule has 0 heterocycles. The van der Waals surface area contributed by atoms with E-state index < -0.39 is 0 Å². The van der Waals surface area contributed by atoms with Crippen molar-refractivity contribution in [1.29, 1.82) is 0 Å². The van der Waals surface area contributed by atoms with E-state index in [2.05, 4.69) is 31.9 Å². The van der Waals surface area contributed by atoms with Gasteiger partial charge < -0.3 is 9.47 Å². The van der Waals surface area contributed by atoms with Crippen molar-refractivity contribution >= 4 is 43.8 Å². The molecule has 8 rings (SSSR count). The topological polar surface area (TPSA) is 52.6 Å². The molecule has 0 N–H and O–H groups in total. The summed E-state index contributed by atoms with van der Waals surface area (Å²) in [5.41, 5.74) is 6.38. The summed E-state index contributed by atoms with van der Waals surface area (Å²) in [5.74, 6) is 5.58. The predicted octanol–water partition coefficient (Wildman–Crippen LogP) is 3.20. The van der Waals surface area contributed by atoms with Crippen molar-refractivity contribution in [2.24, 2.45) is 82.9 Å². The molecule has 0 aromatic carbocycles. The number of methoxy groups -OCH3 is 2. The van der Waals surface area contributed by atoms with Crippen LogP contribution in [0.25, 0.3) is 0 Å². The Bertz CT molecular complexity index is 929. The minimum Gasteiger partial charge on any atom is -0.469 e. The lowest BCUT2D eigenvalue weighted by molar-refractivity contribution is -0.148. The Morgan fingerprint density at radius 3 is 1.07 bits per heavy atom. The number of rotatable bonds is 2. The molecule has 0 saturated heterocycles. The highest BCUT2D eigenvalue weighted by Gasteiger charge is 2.85. The van der Waals surface area contributed by atoms with Crippen LogP contribution in [-0.2, 0) is 19.1 Å². The lowest BCUT2D eigenvalue weighted by atomic mass is 9.73. The minimum atomic E-state index is 0.00609. The average molecular weight is 534 g/mol. The summed E-state index contributed by atoms with van der Waals surface area (Å²) in [6.07, 6.45) is 0. The summed E-state index contributed by atoms with van der Waals surface area (Å²) in [6.45, 7) is 0. The Morgan fingerprint density at radius 1 is 0.567 bits per heavy atom. The Morgan fingerprint density at radius 2 is 0.833 bits per heavy atom. The molecule has 0 spiro atoms. The van der Waals surface area contributed by atoms with Gasteiger partial charge in [-0.2, -0.15) is 0 Å². The largest absolute Gasteiger partial charge is 0.469 e.